The van der Waals surface area contributed by atoms with E-state index >= 15 is 0 Å². The van der Waals surface area contributed by atoms with E-state index in [1.54, 1.807) is 19.9 Å². The van der Waals surface area contributed by atoms with Crippen molar-refractivity contribution in [3.63, 3.8) is 0 Å². The number of carbonyl (C=O) groups excluding carboxylic acids is 2. The predicted octanol–water partition coefficient (Wildman–Crippen LogP) is 2.62. The van der Waals surface area contributed by atoms with Gasteiger partial charge in [-0.2, -0.15) is 0 Å². The smallest absolute Gasteiger partial charge is 0.326 e. The SMILES string of the molecule is CC(C)C(=O)Nc1ccc(Cl)c(C(=O)N2CCC[C@@H]2C(=O)O)c1. The average molecular weight is 339 g/mol. The lowest BCUT2D eigenvalue weighted by atomic mass is 10.1. The molecule has 1 aromatic rings. The van der Waals surface area contributed by atoms with Crippen LogP contribution in [0.2, 0.25) is 5.02 Å². The van der Waals surface area contributed by atoms with Gasteiger partial charge in [0.1, 0.15) is 6.04 Å². The van der Waals surface area contributed by atoms with Gasteiger partial charge in [-0.25, -0.2) is 4.79 Å². The normalized spacial score (nSPS) is 17.4. The molecule has 6 nitrogen and oxygen atoms in total. The Morgan fingerprint density at radius 2 is 2.04 bits per heavy atom. The van der Waals surface area contributed by atoms with Crippen LogP contribution in [0.15, 0.2) is 18.2 Å². The molecule has 1 aliphatic rings. The van der Waals surface area contributed by atoms with Crippen molar-refractivity contribution in [2.24, 2.45) is 5.92 Å². The second-order valence-corrected chi connectivity index (χ2v) is 6.24. The molecule has 1 heterocycles. The lowest BCUT2D eigenvalue weighted by molar-refractivity contribution is -0.141. The van der Waals surface area contributed by atoms with E-state index in [1.807, 2.05) is 0 Å². The monoisotopic (exact) mass is 338 g/mol. The maximum Gasteiger partial charge on any atom is 0.326 e. The van der Waals surface area contributed by atoms with Gasteiger partial charge in [0.05, 0.1) is 10.6 Å². The number of rotatable bonds is 4. The van der Waals surface area contributed by atoms with Crippen molar-refractivity contribution in [1.29, 1.82) is 0 Å². The standard InChI is InChI=1S/C16H19ClN2O4/c1-9(2)14(20)18-10-5-6-12(17)11(8-10)15(21)19-7-3-4-13(19)16(22)23/h5-6,8-9,13H,3-4,7H2,1-2H3,(H,18,20)(H,22,23)/t13-/m1/s1. The van der Waals surface area contributed by atoms with Gasteiger partial charge in [0.2, 0.25) is 5.91 Å². The highest BCUT2D eigenvalue weighted by Gasteiger charge is 2.35. The molecule has 2 rings (SSSR count). The number of aliphatic carboxylic acids is 1. The van der Waals surface area contributed by atoms with Gasteiger partial charge in [0.15, 0.2) is 0 Å². The summed E-state index contributed by atoms with van der Waals surface area (Å²) in [4.78, 5) is 36.9. The van der Waals surface area contributed by atoms with E-state index < -0.39 is 17.9 Å². The second kappa shape index (κ2) is 7.00. The zero-order chi connectivity index (χ0) is 17.1. The Balaban J connectivity index is 2.26. The van der Waals surface area contributed by atoms with Crippen LogP contribution in [0.3, 0.4) is 0 Å². The fourth-order valence-corrected chi connectivity index (χ4v) is 2.67. The molecule has 1 fully saturated rings. The topological polar surface area (TPSA) is 86.7 Å². The third-order valence-corrected chi connectivity index (χ3v) is 4.12. The van der Waals surface area contributed by atoms with Crippen molar-refractivity contribution in [2.45, 2.75) is 32.7 Å². The Bertz CT molecular complexity index is 645. The molecule has 0 spiro atoms. The van der Waals surface area contributed by atoms with Crippen LogP contribution in [0.4, 0.5) is 5.69 Å². The number of benzene rings is 1. The van der Waals surface area contributed by atoms with Crippen LogP contribution in [0.25, 0.3) is 0 Å². The van der Waals surface area contributed by atoms with Gasteiger partial charge >= 0.3 is 5.97 Å². The van der Waals surface area contributed by atoms with E-state index in [1.165, 1.54) is 17.0 Å². The van der Waals surface area contributed by atoms with Gasteiger partial charge in [-0.3, -0.25) is 9.59 Å². The van der Waals surface area contributed by atoms with Gasteiger partial charge in [-0.15, -0.1) is 0 Å². The minimum Gasteiger partial charge on any atom is -0.480 e. The Morgan fingerprint density at radius 3 is 2.65 bits per heavy atom. The fourth-order valence-electron chi connectivity index (χ4n) is 2.47. The van der Waals surface area contributed by atoms with E-state index in [9.17, 15) is 19.5 Å². The highest BCUT2D eigenvalue weighted by Crippen LogP contribution is 2.26. The Kier molecular flexibility index (Phi) is 5.26. The summed E-state index contributed by atoms with van der Waals surface area (Å²) in [6.07, 6.45) is 1.08. The van der Waals surface area contributed by atoms with Crippen LogP contribution in [0, 0.1) is 5.92 Å². The Morgan fingerprint density at radius 1 is 1.35 bits per heavy atom. The Hall–Kier alpha value is -2.08. The molecular formula is C16H19ClN2O4. The molecule has 7 heteroatoms. The van der Waals surface area contributed by atoms with Crippen LogP contribution in [0.1, 0.15) is 37.0 Å². The van der Waals surface area contributed by atoms with Crippen LogP contribution in [-0.4, -0.2) is 40.4 Å². The number of carbonyl (C=O) groups is 3. The number of nitrogens with one attached hydrogen (secondary N) is 1. The number of hydrogen-bond donors (Lipinski definition) is 2. The van der Waals surface area contributed by atoms with Gasteiger partial charge < -0.3 is 15.3 Å². The number of hydrogen-bond acceptors (Lipinski definition) is 3. The number of carboxylic acids is 1. The number of carboxylic acid groups (broad SMARTS) is 1. The molecule has 0 aliphatic carbocycles. The quantitative estimate of drug-likeness (QED) is 0.883. The summed E-state index contributed by atoms with van der Waals surface area (Å²) in [6.45, 7) is 3.91. The maximum atomic E-state index is 12.6. The number of amides is 2. The van der Waals surface area contributed by atoms with Crippen molar-refractivity contribution < 1.29 is 19.5 Å². The van der Waals surface area contributed by atoms with Gasteiger partial charge in [0, 0.05) is 18.2 Å². The zero-order valence-electron chi connectivity index (χ0n) is 13.0. The molecule has 0 unspecified atom stereocenters. The lowest BCUT2D eigenvalue weighted by Gasteiger charge is -2.22. The molecular weight excluding hydrogens is 320 g/mol. The first-order chi connectivity index (χ1) is 10.8. The van der Waals surface area contributed by atoms with Gasteiger partial charge in [0.25, 0.3) is 5.91 Å². The van der Waals surface area contributed by atoms with Gasteiger partial charge in [-0.1, -0.05) is 25.4 Å². The number of halogens is 1. The van der Waals surface area contributed by atoms with Crippen molar-refractivity contribution in [2.75, 3.05) is 11.9 Å². The van der Waals surface area contributed by atoms with Crippen LogP contribution in [-0.2, 0) is 9.59 Å². The molecule has 1 saturated heterocycles. The molecule has 124 valence electrons. The first-order valence-electron chi connectivity index (χ1n) is 7.45. The molecule has 23 heavy (non-hydrogen) atoms. The molecule has 1 aliphatic heterocycles. The predicted molar refractivity (Wildman–Crippen MR) is 86.6 cm³/mol. The summed E-state index contributed by atoms with van der Waals surface area (Å²) in [7, 11) is 0. The fraction of sp³-hybridized carbons (Fsp3) is 0.438. The maximum absolute atomic E-state index is 12.6. The summed E-state index contributed by atoms with van der Waals surface area (Å²) in [6, 6.07) is 3.80. The van der Waals surface area contributed by atoms with E-state index in [-0.39, 0.29) is 22.4 Å². The summed E-state index contributed by atoms with van der Waals surface area (Å²) < 4.78 is 0. The lowest BCUT2D eigenvalue weighted by Crippen LogP contribution is -2.40. The van der Waals surface area contributed by atoms with Crippen LogP contribution < -0.4 is 5.32 Å². The van der Waals surface area contributed by atoms with Gasteiger partial charge in [-0.05, 0) is 31.0 Å². The highest BCUT2D eigenvalue weighted by molar-refractivity contribution is 6.34. The minimum atomic E-state index is -1.02. The largest absolute Gasteiger partial charge is 0.480 e. The molecule has 2 amide bonds. The van der Waals surface area contributed by atoms with Crippen molar-refractivity contribution >= 4 is 35.1 Å². The zero-order valence-corrected chi connectivity index (χ0v) is 13.8. The van der Waals surface area contributed by atoms with Crippen LogP contribution >= 0.6 is 11.6 Å². The summed E-state index contributed by atoms with van der Waals surface area (Å²) in [5.74, 6) is -1.81. The highest BCUT2D eigenvalue weighted by atomic mass is 35.5. The molecule has 2 N–H and O–H groups in total. The number of anilines is 1. The summed E-state index contributed by atoms with van der Waals surface area (Å²) in [5.41, 5.74) is 0.656. The molecule has 0 aromatic heterocycles. The Labute approximate surface area is 139 Å². The van der Waals surface area contributed by atoms with E-state index in [2.05, 4.69) is 5.32 Å². The molecule has 0 saturated carbocycles. The first kappa shape index (κ1) is 17.3. The van der Waals surface area contributed by atoms with Crippen molar-refractivity contribution in [3.05, 3.63) is 28.8 Å². The molecule has 1 aromatic carbocycles. The minimum absolute atomic E-state index is 0.171. The van der Waals surface area contributed by atoms with E-state index in [0.29, 0.717) is 25.1 Å². The van der Waals surface area contributed by atoms with Crippen LogP contribution in [0.5, 0.6) is 0 Å². The van der Waals surface area contributed by atoms with E-state index in [4.69, 9.17) is 11.6 Å². The first-order valence-corrected chi connectivity index (χ1v) is 7.83. The number of likely N-dealkylation sites (tertiary alicyclic amines) is 1. The number of nitrogens with zero attached hydrogens (tertiary/aromatic N) is 1. The third-order valence-electron chi connectivity index (χ3n) is 3.79. The third kappa shape index (κ3) is 3.82. The molecule has 0 bridgehead atoms. The van der Waals surface area contributed by atoms with E-state index in [0.717, 1.165) is 0 Å². The summed E-state index contributed by atoms with van der Waals surface area (Å²) in [5, 5.41) is 12.1. The molecule has 0 radical (unpaired) electrons. The van der Waals surface area contributed by atoms with Crippen molar-refractivity contribution in [3.8, 4) is 0 Å². The molecule has 1 atom stereocenters. The second-order valence-electron chi connectivity index (χ2n) is 5.83. The average Bonchev–Trinajstić information content (AvgIpc) is 2.98. The van der Waals surface area contributed by atoms with Crippen molar-refractivity contribution in [1.82, 2.24) is 4.90 Å². The summed E-state index contributed by atoms with van der Waals surface area (Å²) >= 11 is 6.09.